The molecule has 134 valence electrons. The number of para-hydroxylation sites is 1. The summed E-state index contributed by atoms with van der Waals surface area (Å²) in [5.41, 5.74) is 3.60. The van der Waals surface area contributed by atoms with Crippen LogP contribution in [0.5, 0.6) is 0 Å². The van der Waals surface area contributed by atoms with Crippen LogP contribution in [-0.2, 0) is 17.0 Å². The molecule has 0 aliphatic carbocycles. The van der Waals surface area contributed by atoms with Gasteiger partial charge in [-0.05, 0) is 30.2 Å². The van der Waals surface area contributed by atoms with E-state index in [1.807, 2.05) is 25.1 Å². The third kappa shape index (κ3) is 5.93. The zero-order valence-corrected chi connectivity index (χ0v) is 16.4. The Kier molecular flexibility index (Phi) is 7.58. The standard InChI is InChI=1S/C18H23N3O2S2/c1-4-13-8-6-7-12(3)17(13)20-16(23)11-25-18-19-14(10-24-5-2)9-15(22)21-18/h6-9H,4-5,10-11H2,1-3H3,(H,20,23)(H,19,21,22). The minimum absolute atomic E-state index is 0.106. The molecule has 0 unspecified atom stereocenters. The van der Waals surface area contributed by atoms with Crippen LogP contribution in [0.15, 0.2) is 34.2 Å². The van der Waals surface area contributed by atoms with Crippen molar-refractivity contribution in [3.63, 3.8) is 0 Å². The summed E-state index contributed by atoms with van der Waals surface area (Å²) in [6.07, 6.45) is 0.858. The van der Waals surface area contributed by atoms with E-state index in [1.54, 1.807) is 11.8 Å². The highest BCUT2D eigenvalue weighted by atomic mass is 32.2. The molecule has 0 radical (unpaired) electrons. The first-order valence-corrected chi connectivity index (χ1v) is 10.4. The van der Waals surface area contributed by atoms with Crippen LogP contribution in [0.3, 0.4) is 0 Å². The summed E-state index contributed by atoms with van der Waals surface area (Å²) in [4.78, 5) is 31.1. The molecule has 2 aromatic rings. The molecule has 7 heteroatoms. The van der Waals surface area contributed by atoms with Crippen LogP contribution in [0.1, 0.15) is 30.7 Å². The average molecular weight is 378 g/mol. The third-order valence-electron chi connectivity index (χ3n) is 3.57. The molecule has 2 N–H and O–H groups in total. The number of rotatable bonds is 8. The number of amides is 1. The van der Waals surface area contributed by atoms with Crippen LogP contribution in [0, 0.1) is 6.92 Å². The van der Waals surface area contributed by atoms with Gasteiger partial charge in [0.15, 0.2) is 5.16 Å². The number of carbonyl (C=O) groups excluding carboxylic acids is 1. The summed E-state index contributed by atoms with van der Waals surface area (Å²) >= 11 is 2.95. The molecule has 0 atom stereocenters. The Bertz CT molecular complexity index is 790. The lowest BCUT2D eigenvalue weighted by molar-refractivity contribution is -0.113. The summed E-state index contributed by atoms with van der Waals surface area (Å²) in [7, 11) is 0. The number of thioether (sulfide) groups is 2. The zero-order valence-electron chi connectivity index (χ0n) is 14.7. The van der Waals surface area contributed by atoms with Crippen molar-refractivity contribution < 1.29 is 4.79 Å². The molecule has 0 saturated carbocycles. The van der Waals surface area contributed by atoms with Gasteiger partial charge in [0.05, 0.1) is 11.4 Å². The second kappa shape index (κ2) is 9.68. The van der Waals surface area contributed by atoms with Crippen molar-refractivity contribution in [2.24, 2.45) is 0 Å². The molecule has 5 nitrogen and oxygen atoms in total. The summed E-state index contributed by atoms with van der Waals surface area (Å²) in [6.45, 7) is 6.11. The first kappa shape index (κ1) is 19.6. The maximum absolute atomic E-state index is 12.3. The summed E-state index contributed by atoms with van der Waals surface area (Å²) in [5, 5.41) is 3.46. The number of aromatic amines is 1. The van der Waals surface area contributed by atoms with E-state index >= 15 is 0 Å². The van der Waals surface area contributed by atoms with Crippen LogP contribution in [0.4, 0.5) is 5.69 Å². The highest BCUT2D eigenvalue weighted by molar-refractivity contribution is 7.99. The molecule has 0 aliphatic rings. The van der Waals surface area contributed by atoms with Gasteiger partial charge in [-0.25, -0.2) is 4.98 Å². The van der Waals surface area contributed by atoms with Crippen molar-refractivity contribution in [3.05, 3.63) is 51.4 Å². The van der Waals surface area contributed by atoms with Gasteiger partial charge in [-0.2, -0.15) is 11.8 Å². The predicted octanol–water partition coefficient (Wildman–Crippen LogP) is 3.62. The van der Waals surface area contributed by atoms with Crippen molar-refractivity contribution in [2.45, 2.75) is 38.1 Å². The number of hydrogen-bond acceptors (Lipinski definition) is 5. The number of nitrogens with one attached hydrogen (secondary N) is 2. The number of H-pyrrole nitrogens is 1. The smallest absolute Gasteiger partial charge is 0.251 e. The van der Waals surface area contributed by atoms with Gasteiger partial charge in [-0.3, -0.25) is 9.59 Å². The molecule has 25 heavy (non-hydrogen) atoms. The Morgan fingerprint density at radius 2 is 2.12 bits per heavy atom. The van der Waals surface area contributed by atoms with Crippen molar-refractivity contribution in [3.8, 4) is 0 Å². The van der Waals surface area contributed by atoms with Gasteiger partial charge in [0, 0.05) is 17.5 Å². The minimum atomic E-state index is -0.184. The highest BCUT2D eigenvalue weighted by Crippen LogP contribution is 2.22. The lowest BCUT2D eigenvalue weighted by Crippen LogP contribution is -2.17. The van der Waals surface area contributed by atoms with Crippen LogP contribution in [0.25, 0.3) is 0 Å². The molecule has 0 saturated heterocycles. The quantitative estimate of drug-likeness (QED) is 0.543. The largest absolute Gasteiger partial charge is 0.325 e. The van der Waals surface area contributed by atoms with Crippen molar-refractivity contribution in [1.29, 1.82) is 0 Å². The number of carbonyl (C=O) groups is 1. The van der Waals surface area contributed by atoms with E-state index in [2.05, 4.69) is 29.1 Å². The zero-order chi connectivity index (χ0) is 18.2. The van der Waals surface area contributed by atoms with E-state index in [0.29, 0.717) is 10.9 Å². The Morgan fingerprint density at radius 3 is 2.84 bits per heavy atom. The first-order chi connectivity index (χ1) is 12.0. The number of nitrogens with zero attached hydrogens (tertiary/aromatic N) is 1. The Balaban J connectivity index is 2.01. The summed E-state index contributed by atoms with van der Waals surface area (Å²) < 4.78 is 0. The molecule has 0 bridgehead atoms. The van der Waals surface area contributed by atoms with Crippen LogP contribution >= 0.6 is 23.5 Å². The molecule has 1 aromatic heterocycles. The molecule has 0 spiro atoms. The summed E-state index contributed by atoms with van der Waals surface area (Å²) in [6, 6.07) is 7.50. The number of benzene rings is 1. The second-order valence-corrected chi connectivity index (χ2v) is 7.72. The monoisotopic (exact) mass is 377 g/mol. The lowest BCUT2D eigenvalue weighted by atomic mass is 10.1. The second-order valence-electron chi connectivity index (χ2n) is 5.48. The minimum Gasteiger partial charge on any atom is -0.325 e. The normalized spacial score (nSPS) is 10.7. The molecule has 0 fully saturated rings. The molecule has 1 amide bonds. The van der Waals surface area contributed by atoms with E-state index in [-0.39, 0.29) is 17.2 Å². The van der Waals surface area contributed by atoms with Gasteiger partial charge in [0.25, 0.3) is 5.56 Å². The summed E-state index contributed by atoms with van der Waals surface area (Å²) in [5.74, 6) is 1.76. The fourth-order valence-corrected chi connectivity index (χ4v) is 3.60. The van der Waals surface area contributed by atoms with Crippen LogP contribution in [0.2, 0.25) is 0 Å². The predicted molar refractivity (Wildman–Crippen MR) is 107 cm³/mol. The molecule has 0 aliphatic heterocycles. The van der Waals surface area contributed by atoms with Crippen LogP contribution in [-0.4, -0.2) is 27.4 Å². The third-order valence-corrected chi connectivity index (χ3v) is 5.35. The Labute approximate surface area is 156 Å². The SMILES string of the molecule is CCSCc1cc(=O)[nH]c(SCC(=O)Nc2c(C)cccc2CC)n1. The van der Waals surface area contributed by atoms with E-state index in [9.17, 15) is 9.59 Å². The van der Waals surface area contributed by atoms with E-state index in [0.717, 1.165) is 34.7 Å². The number of anilines is 1. The van der Waals surface area contributed by atoms with E-state index < -0.39 is 0 Å². The lowest BCUT2D eigenvalue weighted by Gasteiger charge is -2.12. The van der Waals surface area contributed by atoms with Gasteiger partial charge < -0.3 is 10.3 Å². The maximum Gasteiger partial charge on any atom is 0.251 e. The Morgan fingerprint density at radius 1 is 1.32 bits per heavy atom. The number of aromatic nitrogens is 2. The van der Waals surface area contributed by atoms with Crippen molar-refractivity contribution >= 4 is 35.1 Å². The van der Waals surface area contributed by atoms with Gasteiger partial charge >= 0.3 is 0 Å². The molecule has 2 rings (SSSR count). The van der Waals surface area contributed by atoms with Gasteiger partial charge in [0.2, 0.25) is 5.91 Å². The van der Waals surface area contributed by atoms with E-state index in [4.69, 9.17) is 0 Å². The number of aryl methyl sites for hydroxylation is 2. The molecular formula is C18H23N3O2S2. The van der Waals surface area contributed by atoms with Gasteiger partial charge in [-0.1, -0.05) is 43.8 Å². The Hall–Kier alpha value is -1.73. The molecular weight excluding hydrogens is 354 g/mol. The fourth-order valence-electron chi connectivity index (χ4n) is 2.34. The topological polar surface area (TPSA) is 74.8 Å². The van der Waals surface area contributed by atoms with Gasteiger partial charge in [-0.15, -0.1) is 0 Å². The van der Waals surface area contributed by atoms with Crippen molar-refractivity contribution in [1.82, 2.24) is 9.97 Å². The number of hydrogen-bond donors (Lipinski definition) is 2. The molecule has 1 aromatic carbocycles. The van der Waals surface area contributed by atoms with Crippen LogP contribution < -0.4 is 10.9 Å². The van der Waals surface area contributed by atoms with E-state index in [1.165, 1.54) is 17.8 Å². The molecule has 1 heterocycles. The van der Waals surface area contributed by atoms with Gasteiger partial charge in [0.1, 0.15) is 0 Å². The average Bonchev–Trinajstić information content (AvgIpc) is 2.59. The van der Waals surface area contributed by atoms with Crippen molar-refractivity contribution in [2.75, 3.05) is 16.8 Å². The first-order valence-electron chi connectivity index (χ1n) is 8.22. The fraction of sp³-hybridized carbons (Fsp3) is 0.389. The maximum atomic E-state index is 12.3. The highest BCUT2D eigenvalue weighted by Gasteiger charge is 2.10.